The van der Waals surface area contributed by atoms with Gasteiger partial charge in [0.15, 0.2) is 0 Å². The summed E-state index contributed by atoms with van der Waals surface area (Å²) in [6.07, 6.45) is 2.06. The monoisotopic (exact) mass is 279 g/mol. The third-order valence-electron chi connectivity index (χ3n) is 3.70. The molecule has 0 unspecified atom stereocenters. The number of imidazole rings is 1. The first-order valence-electron chi connectivity index (χ1n) is 7.34. The van der Waals surface area contributed by atoms with E-state index in [4.69, 9.17) is 0 Å². The Morgan fingerprint density at radius 2 is 1.76 bits per heavy atom. The fourth-order valence-electron chi connectivity index (χ4n) is 2.89. The standard InChI is InChI=1S/C18H21N3/c1-13-8-14(2)10-16(9-13)11-19-12-17-18-6-4-5-7-21(18)15(3)20-17/h4-10,19H,11-12H2,1-3H3. The first kappa shape index (κ1) is 13.8. The molecular formula is C18H21N3. The number of aromatic nitrogens is 2. The van der Waals surface area contributed by atoms with Crippen molar-refractivity contribution >= 4 is 5.52 Å². The van der Waals surface area contributed by atoms with E-state index in [-0.39, 0.29) is 0 Å². The second-order valence-corrected chi connectivity index (χ2v) is 5.66. The summed E-state index contributed by atoms with van der Waals surface area (Å²) in [5.41, 5.74) is 6.25. The summed E-state index contributed by atoms with van der Waals surface area (Å²) >= 11 is 0. The molecule has 2 heterocycles. The molecule has 0 bridgehead atoms. The summed E-state index contributed by atoms with van der Waals surface area (Å²) < 4.78 is 2.13. The van der Waals surface area contributed by atoms with Crippen LogP contribution in [0.5, 0.6) is 0 Å². The second kappa shape index (κ2) is 5.70. The minimum absolute atomic E-state index is 0.786. The van der Waals surface area contributed by atoms with Gasteiger partial charge in [-0.1, -0.05) is 35.4 Å². The number of nitrogens with one attached hydrogen (secondary N) is 1. The van der Waals surface area contributed by atoms with Gasteiger partial charge >= 0.3 is 0 Å². The van der Waals surface area contributed by atoms with E-state index in [1.165, 1.54) is 22.2 Å². The van der Waals surface area contributed by atoms with Crippen molar-refractivity contribution in [1.82, 2.24) is 14.7 Å². The van der Waals surface area contributed by atoms with E-state index in [1.54, 1.807) is 0 Å². The summed E-state index contributed by atoms with van der Waals surface area (Å²) in [7, 11) is 0. The first-order chi connectivity index (χ1) is 10.1. The van der Waals surface area contributed by atoms with E-state index in [0.29, 0.717) is 0 Å². The zero-order valence-corrected chi connectivity index (χ0v) is 12.9. The van der Waals surface area contributed by atoms with Crippen molar-refractivity contribution < 1.29 is 0 Å². The lowest BCUT2D eigenvalue weighted by atomic mass is 10.1. The molecule has 21 heavy (non-hydrogen) atoms. The lowest BCUT2D eigenvalue weighted by Gasteiger charge is -2.06. The number of hydrogen-bond donors (Lipinski definition) is 1. The Bertz CT molecular complexity index is 751. The van der Waals surface area contributed by atoms with Gasteiger partial charge in [0, 0.05) is 19.3 Å². The molecule has 0 radical (unpaired) electrons. The number of aryl methyl sites for hydroxylation is 3. The minimum Gasteiger partial charge on any atom is -0.307 e. The summed E-state index contributed by atoms with van der Waals surface area (Å²) in [4.78, 5) is 4.66. The molecule has 2 aromatic heterocycles. The third kappa shape index (κ3) is 2.98. The average Bonchev–Trinajstić information content (AvgIpc) is 2.75. The van der Waals surface area contributed by atoms with Gasteiger partial charge in [0.1, 0.15) is 5.82 Å². The number of rotatable bonds is 4. The Kier molecular flexibility index (Phi) is 3.76. The molecule has 108 valence electrons. The highest BCUT2D eigenvalue weighted by Crippen LogP contribution is 2.13. The van der Waals surface area contributed by atoms with Gasteiger partial charge in [0.2, 0.25) is 0 Å². The molecule has 0 amide bonds. The Labute approximate surface area is 125 Å². The number of fused-ring (bicyclic) bond motifs is 1. The third-order valence-corrected chi connectivity index (χ3v) is 3.70. The lowest BCUT2D eigenvalue weighted by Crippen LogP contribution is -2.13. The zero-order valence-electron chi connectivity index (χ0n) is 12.9. The quantitative estimate of drug-likeness (QED) is 0.791. The molecule has 0 aliphatic rings. The Hall–Kier alpha value is -2.13. The van der Waals surface area contributed by atoms with E-state index < -0.39 is 0 Å². The molecule has 0 atom stereocenters. The summed E-state index contributed by atoms with van der Waals surface area (Å²) in [5, 5.41) is 3.50. The van der Waals surface area contributed by atoms with Crippen LogP contribution < -0.4 is 5.32 Å². The molecule has 0 saturated heterocycles. The fourth-order valence-corrected chi connectivity index (χ4v) is 2.89. The van der Waals surface area contributed by atoms with Crippen molar-refractivity contribution in [3.05, 3.63) is 70.8 Å². The molecular weight excluding hydrogens is 258 g/mol. The van der Waals surface area contributed by atoms with Crippen LogP contribution in [-0.2, 0) is 13.1 Å². The molecule has 1 aromatic carbocycles. The van der Waals surface area contributed by atoms with Crippen molar-refractivity contribution in [3.63, 3.8) is 0 Å². The van der Waals surface area contributed by atoms with Crippen LogP contribution in [0.3, 0.4) is 0 Å². The molecule has 3 rings (SSSR count). The molecule has 0 aliphatic heterocycles. The van der Waals surface area contributed by atoms with Crippen molar-refractivity contribution in [1.29, 1.82) is 0 Å². The van der Waals surface area contributed by atoms with E-state index in [0.717, 1.165) is 24.6 Å². The number of hydrogen-bond acceptors (Lipinski definition) is 2. The molecule has 0 spiro atoms. The highest BCUT2D eigenvalue weighted by molar-refractivity contribution is 5.53. The van der Waals surface area contributed by atoms with Crippen LogP contribution in [0.15, 0.2) is 42.6 Å². The fraction of sp³-hybridized carbons (Fsp3) is 0.278. The van der Waals surface area contributed by atoms with Gasteiger partial charge in [-0.25, -0.2) is 4.98 Å². The zero-order chi connectivity index (χ0) is 14.8. The molecule has 0 saturated carbocycles. The molecule has 3 aromatic rings. The van der Waals surface area contributed by atoms with Gasteiger partial charge in [-0.05, 0) is 38.5 Å². The number of benzene rings is 1. The maximum absolute atomic E-state index is 4.66. The summed E-state index contributed by atoms with van der Waals surface area (Å²) in [5.74, 6) is 1.04. The van der Waals surface area contributed by atoms with E-state index >= 15 is 0 Å². The second-order valence-electron chi connectivity index (χ2n) is 5.66. The van der Waals surface area contributed by atoms with Crippen molar-refractivity contribution in [2.75, 3.05) is 0 Å². The Morgan fingerprint density at radius 3 is 2.52 bits per heavy atom. The van der Waals surface area contributed by atoms with Crippen LogP contribution in [0.2, 0.25) is 0 Å². The van der Waals surface area contributed by atoms with Gasteiger partial charge in [-0.15, -0.1) is 0 Å². The van der Waals surface area contributed by atoms with Crippen molar-refractivity contribution in [2.45, 2.75) is 33.9 Å². The van der Waals surface area contributed by atoms with Crippen LogP contribution in [0.25, 0.3) is 5.52 Å². The predicted octanol–water partition coefficient (Wildman–Crippen LogP) is 3.55. The van der Waals surface area contributed by atoms with Gasteiger partial charge in [0.05, 0.1) is 11.2 Å². The first-order valence-corrected chi connectivity index (χ1v) is 7.34. The normalized spacial score (nSPS) is 11.2. The van der Waals surface area contributed by atoms with Gasteiger partial charge in [-0.3, -0.25) is 0 Å². The maximum Gasteiger partial charge on any atom is 0.110 e. The average molecular weight is 279 g/mol. The molecule has 3 heteroatoms. The molecule has 0 fully saturated rings. The Morgan fingerprint density at radius 1 is 1.00 bits per heavy atom. The molecule has 3 nitrogen and oxygen atoms in total. The summed E-state index contributed by atoms with van der Waals surface area (Å²) in [6, 6.07) is 12.9. The van der Waals surface area contributed by atoms with E-state index in [9.17, 15) is 0 Å². The van der Waals surface area contributed by atoms with Crippen LogP contribution in [0, 0.1) is 20.8 Å². The number of nitrogens with zero attached hydrogens (tertiary/aromatic N) is 2. The van der Waals surface area contributed by atoms with Gasteiger partial charge in [0.25, 0.3) is 0 Å². The summed E-state index contributed by atoms with van der Waals surface area (Å²) in [6.45, 7) is 7.98. The topological polar surface area (TPSA) is 29.3 Å². The molecule has 1 N–H and O–H groups in total. The smallest absolute Gasteiger partial charge is 0.110 e. The van der Waals surface area contributed by atoms with Crippen LogP contribution in [0.4, 0.5) is 0 Å². The van der Waals surface area contributed by atoms with Gasteiger partial charge < -0.3 is 9.72 Å². The van der Waals surface area contributed by atoms with Gasteiger partial charge in [-0.2, -0.15) is 0 Å². The predicted molar refractivity (Wildman–Crippen MR) is 86.4 cm³/mol. The van der Waals surface area contributed by atoms with Crippen LogP contribution in [-0.4, -0.2) is 9.38 Å². The molecule has 0 aliphatic carbocycles. The van der Waals surface area contributed by atoms with Crippen molar-refractivity contribution in [2.24, 2.45) is 0 Å². The van der Waals surface area contributed by atoms with Crippen molar-refractivity contribution in [3.8, 4) is 0 Å². The van der Waals surface area contributed by atoms with E-state index in [2.05, 4.69) is 65.1 Å². The minimum atomic E-state index is 0.786. The lowest BCUT2D eigenvalue weighted by molar-refractivity contribution is 0.684. The highest BCUT2D eigenvalue weighted by atomic mass is 15.0. The number of pyridine rings is 1. The highest BCUT2D eigenvalue weighted by Gasteiger charge is 2.06. The Balaban J connectivity index is 1.72. The van der Waals surface area contributed by atoms with Crippen LogP contribution >= 0.6 is 0 Å². The largest absolute Gasteiger partial charge is 0.307 e. The SMILES string of the molecule is Cc1cc(C)cc(CNCc2nc(C)n3ccccc23)c1. The maximum atomic E-state index is 4.66. The van der Waals surface area contributed by atoms with Crippen LogP contribution in [0.1, 0.15) is 28.2 Å². The van der Waals surface area contributed by atoms with E-state index in [1.807, 2.05) is 13.0 Å².